The number of nitrogens with zero attached hydrogens (tertiary/aromatic N) is 2. The van der Waals surface area contributed by atoms with Crippen LogP contribution < -0.4 is 5.74 Å². The molecule has 0 saturated heterocycles. The molecule has 0 fully saturated rings. The summed E-state index contributed by atoms with van der Waals surface area (Å²) in [5, 5.41) is 0. The van der Waals surface area contributed by atoms with E-state index >= 15 is 0 Å². The van der Waals surface area contributed by atoms with E-state index in [0.29, 0.717) is 0 Å². The Bertz CT molecular complexity index is 1100. The molecule has 0 amide bonds. The molecule has 2 nitrogen and oxygen atoms in total. The fourth-order valence-corrected chi connectivity index (χ4v) is 9.78. The topological polar surface area (TPSA) is 15.6 Å². The molecule has 0 saturated carbocycles. The monoisotopic (exact) mass is 578 g/mol. The molecule has 0 radical (unpaired) electrons. The summed E-state index contributed by atoms with van der Waals surface area (Å²) in [7, 11) is 0. The molecule has 0 N–H and O–H groups in total. The summed E-state index contributed by atoms with van der Waals surface area (Å²) in [5.74, 6) is 1.04. The van der Waals surface area contributed by atoms with Crippen LogP contribution in [0.2, 0.25) is 0 Å². The standard InChI is InChI=1S/C21H19N2.C6H5.Hg/c1-16-8-12-19(13-9-16)22-21(18-6-4-3-5-7-18)23-20-14-10-17(2)11-15-20;1-2-4-6-5-3-1;/h3-15H,1-2H3;1-5H;/q-1;;+1. The Balaban J connectivity index is 1.85. The first-order valence-electron chi connectivity index (χ1n) is 10.3. The Morgan fingerprint density at radius 1 is 0.633 bits per heavy atom. The zero-order valence-corrected chi connectivity index (χ0v) is 23.0. The predicted molar refractivity (Wildman–Crippen MR) is 124 cm³/mol. The molecule has 4 rings (SSSR count). The van der Waals surface area contributed by atoms with E-state index in [4.69, 9.17) is 4.99 Å². The molecular formula is C27H24HgN2. The van der Waals surface area contributed by atoms with Crippen LogP contribution in [0.25, 0.3) is 0 Å². The van der Waals surface area contributed by atoms with Crippen molar-refractivity contribution < 1.29 is 24.9 Å². The first kappa shape index (κ1) is 20.6. The molecule has 30 heavy (non-hydrogen) atoms. The number of benzene rings is 4. The van der Waals surface area contributed by atoms with Gasteiger partial charge in [-0.15, -0.1) is 0 Å². The Labute approximate surface area is 191 Å². The average molecular weight is 577 g/mol. The van der Waals surface area contributed by atoms with Crippen LogP contribution in [0.1, 0.15) is 16.7 Å². The van der Waals surface area contributed by atoms with E-state index in [1.165, 1.54) is 19.9 Å². The summed E-state index contributed by atoms with van der Waals surface area (Å²) in [4.78, 5) is 5.16. The molecule has 3 heteroatoms. The summed E-state index contributed by atoms with van der Waals surface area (Å²) in [5.41, 5.74) is 5.87. The fourth-order valence-electron chi connectivity index (χ4n) is 3.39. The van der Waals surface area contributed by atoms with Crippen LogP contribution in [0.3, 0.4) is 0 Å². The quantitative estimate of drug-likeness (QED) is 0.157. The summed E-state index contributed by atoms with van der Waals surface area (Å²) >= 11 is -1.76. The van der Waals surface area contributed by atoms with Gasteiger partial charge in [0.2, 0.25) is 0 Å². The van der Waals surface area contributed by atoms with Crippen molar-refractivity contribution in [3.8, 4) is 0 Å². The molecule has 4 aromatic rings. The number of hydrogen-bond acceptors (Lipinski definition) is 1. The second kappa shape index (κ2) is 9.86. The molecule has 144 valence electrons. The van der Waals surface area contributed by atoms with E-state index in [-0.39, 0.29) is 0 Å². The van der Waals surface area contributed by atoms with Crippen LogP contribution in [0.4, 0.5) is 11.4 Å². The molecule has 0 aromatic heterocycles. The number of hydrogen-bond donors (Lipinski definition) is 0. The van der Waals surface area contributed by atoms with Crippen LogP contribution in [0, 0.1) is 13.8 Å². The minimum absolute atomic E-state index is 0.984. The van der Waals surface area contributed by atoms with Gasteiger partial charge in [0.15, 0.2) is 0 Å². The van der Waals surface area contributed by atoms with Gasteiger partial charge in [0.25, 0.3) is 0 Å². The molecule has 0 aliphatic heterocycles. The van der Waals surface area contributed by atoms with Crippen LogP contribution in [-0.4, -0.2) is 5.84 Å². The first-order chi connectivity index (χ1) is 14.7. The molecule has 0 heterocycles. The number of aliphatic imine (C=N–C) groups is 1. The van der Waals surface area contributed by atoms with Gasteiger partial charge in [-0.2, -0.15) is 0 Å². The third-order valence-corrected chi connectivity index (χ3v) is 12.2. The Morgan fingerprint density at radius 3 is 1.77 bits per heavy atom. The van der Waals surface area contributed by atoms with Crippen LogP contribution in [0.15, 0.2) is 114 Å². The van der Waals surface area contributed by atoms with Crippen molar-refractivity contribution >= 4 is 20.3 Å². The van der Waals surface area contributed by atoms with Gasteiger partial charge in [-0.3, -0.25) is 0 Å². The van der Waals surface area contributed by atoms with Crippen molar-refractivity contribution in [1.29, 1.82) is 0 Å². The zero-order chi connectivity index (χ0) is 20.8. The fraction of sp³-hybridized carbons (Fsp3) is 0.0741. The van der Waals surface area contributed by atoms with E-state index in [1.54, 1.807) is 0 Å². The number of rotatable bonds is 5. The van der Waals surface area contributed by atoms with Crippen molar-refractivity contribution in [3.63, 3.8) is 0 Å². The van der Waals surface area contributed by atoms with Crippen LogP contribution in [-0.2, 0) is 24.9 Å². The van der Waals surface area contributed by atoms with E-state index in [0.717, 1.165) is 17.1 Å². The van der Waals surface area contributed by atoms with Crippen molar-refractivity contribution in [2.45, 2.75) is 13.8 Å². The summed E-state index contributed by atoms with van der Waals surface area (Å²) < 4.78 is 3.98. The van der Waals surface area contributed by atoms with Gasteiger partial charge >= 0.3 is 193 Å². The molecule has 4 aromatic carbocycles. The minimum atomic E-state index is -1.76. The van der Waals surface area contributed by atoms with E-state index < -0.39 is 24.9 Å². The second-order valence-electron chi connectivity index (χ2n) is 7.54. The number of amidine groups is 1. The van der Waals surface area contributed by atoms with Gasteiger partial charge in [-0.05, 0) is 0 Å². The number of aryl methyl sites for hydroxylation is 2. The van der Waals surface area contributed by atoms with E-state index in [9.17, 15) is 0 Å². The Kier molecular flexibility index (Phi) is 6.75. The maximum atomic E-state index is 5.16. The average Bonchev–Trinajstić information content (AvgIpc) is 2.79. The maximum absolute atomic E-state index is 5.16. The SMILES string of the molecule is Cc1ccc(N=C(c2ccccc2)[N]([Hg][c]2ccccc2)c2ccc(C)cc2)cc1. The van der Waals surface area contributed by atoms with Crippen LogP contribution in [0.5, 0.6) is 0 Å². The van der Waals surface area contributed by atoms with E-state index in [1.807, 2.05) is 0 Å². The molecule has 0 aliphatic carbocycles. The van der Waals surface area contributed by atoms with Gasteiger partial charge in [-0.1, -0.05) is 0 Å². The normalized spacial score (nSPS) is 11.1. The predicted octanol–water partition coefficient (Wildman–Crippen LogP) is 6.21. The molecule has 0 unspecified atom stereocenters. The molecule has 0 bridgehead atoms. The third-order valence-electron chi connectivity index (χ3n) is 5.09. The van der Waals surface area contributed by atoms with Crippen LogP contribution >= 0.6 is 0 Å². The molecule has 0 atom stereocenters. The summed E-state index contributed by atoms with van der Waals surface area (Å²) in [6.07, 6.45) is 0. The number of anilines is 1. The Morgan fingerprint density at radius 2 is 1.17 bits per heavy atom. The van der Waals surface area contributed by atoms with Gasteiger partial charge in [0.05, 0.1) is 0 Å². The van der Waals surface area contributed by atoms with E-state index in [2.05, 4.69) is 126 Å². The zero-order valence-electron chi connectivity index (χ0n) is 17.5. The molecule has 0 aliphatic rings. The van der Waals surface area contributed by atoms with Crippen molar-refractivity contribution in [2.75, 3.05) is 2.66 Å². The summed E-state index contributed by atoms with van der Waals surface area (Å²) in [6.45, 7) is 4.24. The van der Waals surface area contributed by atoms with Gasteiger partial charge in [-0.25, -0.2) is 0 Å². The molecule has 0 spiro atoms. The van der Waals surface area contributed by atoms with Crippen molar-refractivity contribution in [1.82, 2.24) is 0 Å². The van der Waals surface area contributed by atoms with Gasteiger partial charge in [0, 0.05) is 0 Å². The Hall–Kier alpha value is -2.71. The summed E-state index contributed by atoms with van der Waals surface area (Å²) in [6, 6.07) is 38.7. The van der Waals surface area contributed by atoms with Crippen molar-refractivity contribution in [3.05, 3.63) is 126 Å². The van der Waals surface area contributed by atoms with Gasteiger partial charge < -0.3 is 0 Å². The van der Waals surface area contributed by atoms with Crippen molar-refractivity contribution in [2.24, 2.45) is 4.99 Å². The first-order valence-corrected chi connectivity index (χ1v) is 15.5. The molecular weight excluding hydrogens is 553 g/mol. The van der Waals surface area contributed by atoms with Gasteiger partial charge in [0.1, 0.15) is 0 Å². The third kappa shape index (κ3) is 5.25. The second-order valence-corrected chi connectivity index (χ2v) is 14.4.